The van der Waals surface area contributed by atoms with Gasteiger partial charge in [-0.15, -0.1) is 11.3 Å². The quantitative estimate of drug-likeness (QED) is 0.685. The van der Waals surface area contributed by atoms with Gasteiger partial charge in [0.1, 0.15) is 6.04 Å². The van der Waals surface area contributed by atoms with E-state index in [1.807, 2.05) is 42.8 Å². The highest BCUT2D eigenvalue weighted by molar-refractivity contribution is 7.10. The minimum Gasteiger partial charge on any atom is -0.368 e. The van der Waals surface area contributed by atoms with Gasteiger partial charge in [-0.2, -0.15) is 0 Å². The molecule has 6 heteroatoms. The van der Waals surface area contributed by atoms with E-state index >= 15 is 0 Å². The molecule has 0 aliphatic carbocycles. The smallest absolute Gasteiger partial charge is 0.240 e. The van der Waals surface area contributed by atoms with E-state index in [0.29, 0.717) is 6.54 Å². The van der Waals surface area contributed by atoms with Gasteiger partial charge in [0.05, 0.1) is 0 Å². The fourth-order valence-corrected chi connectivity index (χ4v) is 3.73. The molecular weight excluding hydrogens is 332 g/mol. The van der Waals surface area contributed by atoms with Gasteiger partial charge >= 0.3 is 0 Å². The third kappa shape index (κ3) is 4.29. The number of thiophene rings is 1. The standard InChI is InChI=1S/C19H20N4OS/c1-13-5-9-25-18(13)17(19(20)24)23-12-15-4-8-22-11-16(15)10-14-2-6-21-7-3-14/h2-9,11,17,23H,10,12H2,1H3,(H2,20,24). The SMILES string of the molecule is Cc1ccsc1C(NCc1ccncc1Cc1ccncc1)C(N)=O. The molecule has 0 spiro atoms. The summed E-state index contributed by atoms with van der Waals surface area (Å²) in [5.74, 6) is -0.365. The molecule has 3 rings (SSSR count). The van der Waals surface area contributed by atoms with Crippen LogP contribution in [-0.4, -0.2) is 15.9 Å². The topological polar surface area (TPSA) is 80.9 Å². The number of nitrogens with two attached hydrogens (primary N) is 1. The van der Waals surface area contributed by atoms with Gasteiger partial charge in [-0.25, -0.2) is 0 Å². The summed E-state index contributed by atoms with van der Waals surface area (Å²) >= 11 is 1.55. The number of amides is 1. The number of hydrogen-bond donors (Lipinski definition) is 2. The molecule has 1 unspecified atom stereocenters. The van der Waals surface area contributed by atoms with Crippen molar-refractivity contribution in [1.29, 1.82) is 0 Å². The predicted molar refractivity (Wildman–Crippen MR) is 99.1 cm³/mol. The number of rotatable bonds is 7. The maximum absolute atomic E-state index is 11.9. The van der Waals surface area contributed by atoms with Gasteiger partial charge in [0.15, 0.2) is 0 Å². The number of carbonyl (C=O) groups excluding carboxylic acids is 1. The molecule has 1 atom stereocenters. The molecule has 128 valence electrons. The first kappa shape index (κ1) is 17.3. The first-order valence-electron chi connectivity index (χ1n) is 8.02. The van der Waals surface area contributed by atoms with Crippen molar-refractivity contribution < 1.29 is 4.79 Å². The van der Waals surface area contributed by atoms with Gasteiger partial charge in [0, 0.05) is 36.2 Å². The molecule has 0 fully saturated rings. The maximum atomic E-state index is 11.9. The van der Waals surface area contributed by atoms with E-state index < -0.39 is 6.04 Å². The number of pyridine rings is 2. The van der Waals surface area contributed by atoms with Gasteiger partial charge < -0.3 is 5.73 Å². The third-order valence-electron chi connectivity index (χ3n) is 4.09. The van der Waals surface area contributed by atoms with Crippen molar-refractivity contribution in [3.05, 3.63) is 81.6 Å². The normalized spacial score (nSPS) is 12.0. The lowest BCUT2D eigenvalue weighted by molar-refractivity contribution is -0.120. The minimum absolute atomic E-state index is 0.365. The Hall–Kier alpha value is -2.57. The molecule has 0 bridgehead atoms. The lowest BCUT2D eigenvalue weighted by atomic mass is 10.0. The number of aryl methyl sites for hydroxylation is 1. The second kappa shape index (κ2) is 8.00. The Morgan fingerprint density at radius 2 is 1.92 bits per heavy atom. The number of primary amides is 1. The molecule has 0 aromatic carbocycles. The van der Waals surface area contributed by atoms with Gasteiger partial charge in [0.25, 0.3) is 0 Å². The molecule has 3 aromatic rings. The van der Waals surface area contributed by atoms with Crippen LogP contribution in [0.1, 0.15) is 33.2 Å². The van der Waals surface area contributed by atoms with E-state index in [2.05, 4.69) is 15.3 Å². The summed E-state index contributed by atoms with van der Waals surface area (Å²) in [6.07, 6.45) is 7.97. The van der Waals surface area contributed by atoms with E-state index in [-0.39, 0.29) is 5.91 Å². The molecule has 0 saturated heterocycles. The molecule has 3 heterocycles. The van der Waals surface area contributed by atoms with Crippen LogP contribution in [0.25, 0.3) is 0 Å². The van der Waals surface area contributed by atoms with Crippen molar-refractivity contribution in [2.24, 2.45) is 5.73 Å². The number of carbonyl (C=O) groups is 1. The molecule has 5 nitrogen and oxygen atoms in total. The molecule has 0 radical (unpaired) electrons. The highest BCUT2D eigenvalue weighted by Crippen LogP contribution is 2.24. The van der Waals surface area contributed by atoms with E-state index in [1.165, 1.54) is 5.56 Å². The summed E-state index contributed by atoms with van der Waals surface area (Å²) in [5.41, 5.74) is 10.1. The molecule has 0 aliphatic rings. The molecule has 25 heavy (non-hydrogen) atoms. The van der Waals surface area contributed by atoms with Gasteiger partial charge in [-0.05, 0) is 65.2 Å². The summed E-state index contributed by atoms with van der Waals surface area (Å²) in [6, 6.07) is 7.47. The number of hydrogen-bond acceptors (Lipinski definition) is 5. The van der Waals surface area contributed by atoms with Crippen LogP contribution in [-0.2, 0) is 17.8 Å². The maximum Gasteiger partial charge on any atom is 0.240 e. The zero-order valence-electron chi connectivity index (χ0n) is 14.0. The van der Waals surface area contributed by atoms with Crippen LogP contribution in [0.2, 0.25) is 0 Å². The van der Waals surface area contributed by atoms with Crippen LogP contribution < -0.4 is 11.1 Å². The van der Waals surface area contributed by atoms with Gasteiger partial charge in [0.2, 0.25) is 5.91 Å². The Kier molecular flexibility index (Phi) is 5.53. The summed E-state index contributed by atoms with van der Waals surface area (Å²) in [4.78, 5) is 21.1. The third-order valence-corrected chi connectivity index (χ3v) is 5.18. The lowest BCUT2D eigenvalue weighted by Crippen LogP contribution is -2.33. The number of nitrogens with zero attached hydrogens (tertiary/aromatic N) is 2. The van der Waals surface area contributed by atoms with Crippen molar-refractivity contribution in [2.75, 3.05) is 0 Å². The fourth-order valence-electron chi connectivity index (χ4n) is 2.72. The second-order valence-electron chi connectivity index (χ2n) is 5.86. The van der Waals surface area contributed by atoms with Gasteiger partial charge in [-0.3, -0.25) is 20.1 Å². The summed E-state index contributed by atoms with van der Waals surface area (Å²) < 4.78 is 0. The van der Waals surface area contributed by atoms with Crippen LogP contribution in [0, 0.1) is 6.92 Å². The molecule has 0 saturated carbocycles. The number of aromatic nitrogens is 2. The van der Waals surface area contributed by atoms with E-state index in [4.69, 9.17) is 5.73 Å². The zero-order valence-corrected chi connectivity index (χ0v) is 14.8. The van der Waals surface area contributed by atoms with E-state index in [0.717, 1.165) is 28.0 Å². The second-order valence-corrected chi connectivity index (χ2v) is 6.81. The highest BCUT2D eigenvalue weighted by atomic mass is 32.1. The minimum atomic E-state index is -0.484. The van der Waals surface area contributed by atoms with E-state index in [1.54, 1.807) is 29.9 Å². The molecule has 0 aliphatic heterocycles. The van der Waals surface area contributed by atoms with Crippen molar-refractivity contribution in [2.45, 2.75) is 25.9 Å². The zero-order chi connectivity index (χ0) is 17.6. The fraction of sp³-hybridized carbons (Fsp3) is 0.211. The van der Waals surface area contributed by atoms with Crippen molar-refractivity contribution in [3.8, 4) is 0 Å². The van der Waals surface area contributed by atoms with Crippen LogP contribution in [0.3, 0.4) is 0 Å². The van der Waals surface area contributed by atoms with Crippen molar-refractivity contribution in [1.82, 2.24) is 15.3 Å². The summed E-state index contributed by atoms with van der Waals surface area (Å²) in [5, 5.41) is 5.28. The lowest BCUT2D eigenvalue weighted by Gasteiger charge is -2.17. The van der Waals surface area contributed by atoms with Crippen LogP contribution in [0.4, 0.5) is 0 Å². The highest BCUT2D eigenvalue weighted by Gasteiger charge is 2.20. The Bertz CT molecular complexity index is 847. The Morgan fingerprint density at radius 3 is 2.60 bits per heavy atom. The Balaban J connectivity index is 1.76. The van der Waals surface area contributed by atoms with Gasteiger partial charge in [-0.1, -0.05) is 0 Å². The first-order valence-corrected chi connectivity index (χ1v) is 8.90. The molecule has 3 aromatic heterocycles. The summed E-state index contributed by atoms with van der Waals surface area (Å²) in [7, 11) is 0. The van der Waals surface area contributed by atoms with Crippen molar-refractivity contribution in [3.63, 3.8) is 0 Å². The molecule has 3 N–H and O–H groups in total. The predicted octanol–water partition coefficient (Wildman–Crippen LogP) is 2.75. The van der Waals surface area contributed by atoms with Crippen LogP contribution in [0.5, 0.6) is 0 Å². The monoisotopic (exact) mass is 352 g/mol. The number of nitrogens with one attached hydrogen (secondary N) is 1. The van der Waals surface area contributed by atoms with E-state index in [9.17, 15) is 4.79 Å². The van der Waals surface area contributed by atoms with Crippen LogP contribution in [0.15, 0.2) is 54.4 Å². The molecular formula is C19H20N4OS. The average Bonchev–Trinajstić information content (AvgIpc) is 3.03. The summed E-state index contributed by atoms with van der Waals surface area (Å²) in [6.45, 7) is 2.54. The molecule has 1 amide bonds. The Labute approximate surface area is 151 Å². The van der Waals surface area contributed by atoms with Crippen LogP contribution >= 0.6 is 11.3 Å². The first-order chi connectivity index (χ1) is 12.1. The Morgan fingerprint density at radius 1 is 1.16 bits per heavy atom. The largest absolute Gasteiger partial charge is 0.368 e. The van der Waals surface area contributed by atoms with Crippen molar-refractivity contribution >= 4 is 17.2 Å². The average molecular weight is 352 g/mol.